The third-order valence-corrected chi connectivity index (χ3v) is 8.43. The average molecular weight is 512 g/mol. The number of nitrogens with one attached hydrogen (secondary N) is 1. The number of nitrogens with two attached hydrogens (primary N) is 1. The largest absolute Gasteiger partial charge is 0.389 e. The zero-order valence-electron chi connectivity index (χ0n) is 18.6. The Balaban J connectivity index is 1.41. The van der Waals surface area contributed by atoms with Crippen molar-refractivity contribution < 1.29 is 18.0 Å². The number of aromatic nitrogens is 4. The SMILES string of the molecule is Cn1ccc(CO/N=C(/C(=O)Nc2nc3ccc(N)nc3s2)c2ccc(S(=O)(=O)C3CC3)cc2)n1. The van der Waals surface area contributed by atoms with Crippen LogP contribution in [0.5, 0.6) is 0 Å². The van der Waals surface area contributed by atoms with Crippen LogP contribution in [-0.4, -0.2) is 45.0 Å². The first-order chi connectivity index (χ1) is 16.8. The molecule has 1 aliphatic rings. The van der Waals surface area contributed by atoms with Crippen molar-refractivity contribution in [2.75, 3.05) is 11.1 Å². The Hall–Kier alpha value is -3.84. The first-order valence-corrected chi connectivity index (χ1v) is 13.0. The molecular weight excluding hydrogens is 490 g/mol. The van der Waals surface area contributed by atoms with Crippen molar-refractivity contribution in [1.82, 2.24) is 19.7 Å². The lowest BCUT2D eigenvalue weighted by Gasteiger charge is -2.08. The van der Waals surface area contributed by atoms with E-state index in [0.717, 1.165) is 0 Å². The number of anilines is 2. The average Bonchev–Trinajstić information content (AvgIpc) is 3.51. The normalized spacial score (nSPS) is 14.3. The highest BCUT2D eigenvalue weighted by Gasteiger charge is 2.36. The van der Waals surface area contributed by atoms with Crippen molar-refractivity contribution in [3.8, 4) is 0 Å². The van der Waals surface area contributed by atoms with Gasteiger partial charge in [-0.3, -0.25) is 14.8 Å². The Labute approximate surface area is 204 Å². The Kier molecular flexibility index (Phi) is 5.94. The monoisotopic (exact) mass is 511 g/mol. The number of amides is 1. The molecular formula is C22H21N7O4S2. The van der Waals surface area contributed by atoms with Crippen LogP contribution in [0.3, 0.4) is 0 Å². The highest BCUT2D eigenvalue weighted by molar-refractivity contribution is 7.92. The van der Waals surface area contributed by atoms with E-state index in [1.54, 1.807) is 48.3 Å². The molecule has 0 saturated heterocycles. The maximum atomic E-state index is 13.2. The standard InChI is InChI=1S/C22H21N7O4S2/c1-29-11-10-14(27-29)12-33-28-19(13-2-4-15(5-3-13)35(31,32)16-6-7-16)20(30)26-22-24-17-8-9-18(23)25-21(17)34-22/h2-5,8-11,16H,6-7,12H2,1H3,(H2,23,25)(H,24,26,30)/b28-19+. The molecule has 0 aliphatic heterocycles. The number of pyridine rings is 1. The number of aryl methyl sites for hydroxylation is 1. The van der Waals surface area contributed by atoms with Crippen molar-refractivity contribution >= 4 is 54.1 Å². The number of nitrogens with zero attached hydrogens (tertiary/aromatic N) is 5. The molecule has 0 unspecified atom stereocenters. The lowest BCUT2D eigenvalue weighted by Crippen LogP contribution is -2.24. The molecule has 1 aliphatic carbocycles. The first kappa shape index (κ1) is 22.9. The van der Waals surface area contributed by atoms with Crippen LogP contribution in [0.2, 0.25) is 0 Å². The number of carbonyl (C=O) groups is 1. The molecule has 13 heteroatoms. The highest BCUT2D eigenvalue weighted by Crippen LogP contribution is 2.33. The van der Waals surface area contributed by atoms with Crippen LogP contribution in [0.1, 0.15) is 24.1 Å². The van der Waals surface area contributed by atoms with Gasteiger partial charge in [0.2, 0.25) is 0 Å². The predicted octanol–water partition coefficient (Wildman–Crippen LogP) is 2.50. The molecule has 35 heavy (non-hydrogen) atoms. The summed E-state index contributed by atoms with van der Waals surface area (Å²) in [5.41, 5.74) is 7.31. The van der Waals surface area contributed by atoms with E-state index < -0.39 is 15.7 Å². The summed E-state index contributed by atoms with van der Waals surface area (Å²) in [6.07, 6.45) is 3.11. The van der Waals surface area contributed by atoms with Crippen LogP contribution in [0, 0.1) is 0 Å². The molecule has 0 atom stereocenters. The van der Waals surface area contributed by atoms with Gasteiger partial charge in [-0.05, 0) is 43.2 Å². The van der Waals surface area contributed by atoms with E-state index in [-0.39, 0.29) is 22.5 Å². The van der Waals surface area contributed by atoms with E-state index >= 15 is 0 Å². The van der Waals surface area contributed by atoms with Gasteiger partial charge in [0.1, 0.15) is 21.9 Å². The summed E-state index contributed by atoms with van der Waals surface area (Å²) in [6.45, 7) is 0.0517. The van der Waals surface area contributed by atoms with E-state index in [4.69, 9.17) is 10.6 Å². The molecule has 11 nitrogen and oxygen atoms in total. The smallest absolute Gasteiger partial charge is 0.280 e. The topological polar surface area (TPSA) is 154 Å². The fraction of sp³-hybridized carbons (Fsp3) is 0.227. The molecule has 5 rings (SSSR count). The van der Waals surface area contributed by atoms with E-state index in [1.807, 2.05) is 0 Å². The summed E-state index contributed by atoms with van der Waals surface area (Å²) in [7, 11) is -1.57. The third kappa shape index (κ3) is 5.00. The number of hydrogen-bond acceptors (Lipinski definition) is 10. The van der Waals surface area contributed by atoms with E-state index in [0.29, 0.717) is 45.4 Å². The maximum absolute atomic E-state index is 13.2. The van der Waals surface area contributed by atoms with Crippen molar-refractivity contribution in [1.29, 1.82) is 0 Å². The Morgan fingerprint density at radius 1 is 1.20 bits per heavy atom. The number of sulfone groups is 1. The lowest BCUT2D eigenvalue weighted by molar-refractivity contribution is -0.110. The van der Waals surface area contributed by atoms with Crippen molar-refractivity contribution in [3.63, 3.8) is 0 Å². The molecule has 1 saturated carbocycles. The number of benzene rings is 1. The Morgan fingerprint density at radius 2 is 1.97 bits per heavy atom. The van der Waals surface area contributed by atoms with E-state index in [1.165, 1.54) is 23.5 Å². The summed E-state index contributed by atoms with van der Waals surface area (Å²) < 4.78 is 26.7. The Bertz CT molecular complexity index is 1540. The fourth-order valence-electron chi connectivity index (χ4n) is 3.34. The summed E-state index contributed by atoms with van der Waals surface area (Å²) in [6, 6.07) is 11.2. The van der Waals surface area contributed by atoms with Gasteiger partial charge in [0.15, 0.2) is 27.3 Å². The summed E-state index contributed by atoms with van der Waals surface area (Å²) in [4.78, 5) is 27.9. The number of carbonyl (C=O) groups excluding carboxylic acids is 1. The lowest BCUT2D eigenvalue weighted by atomic mass is 10.1. The summed E-state index contributed by atoms with van der Waals surface area (Å²) in [5.74, 6) is -0.221. The zero-order chi connectivity index (χ0) is 24.6. The van der Waals surface area contributed by atoms with Crippen molar-refractivity contribution in [3.05, 3.63) is 59.9 Å². The molecule has 180 valence electrons. The molecule has 1 aromatic carbocycles. The van der Waals surface area contributed by atoms with Gasteiger partial charge in [-0.1, -0.05) is 28.6 Å². The summed E-state index contributed by atoms with van der Waals surface area (Å²) in [5, 5.41) is 11.0. The molecule has 3 heterocycles. The van der Waals surface area contributed by atoms with Crippen LogP contribution in [0.25, 0.3) is 10.3 Å². The summed E-state index contributed by atoms with van der Waals surface area (Å²) >= 11 is 1.17. The second kappa shape index (κ2) is 9.07. The first-order valence-electron chi connectivity index (χ1n) is 10.7. The molecule has 3 aromatic heterocycles. The van der Waals surface area contributed by atoms with Crippen LogP contribution < -0.4 is 11.1 Å². The second-order valence-electron chi connectivity index (χ2n) is 8.00. The van der Waals surface area contributed by atoms with Gasteiger partial charge < -0.3 is 10.6 Å². The maximum Gasteiger partial charge on any atom is 0.280 e. The second-order valence-corrected chi connectivity index (χ2v) is 11.2. The number of thiazole rings is 1. The van der Waals surface area contributed by atoms with Crippen molar-refractivity contribution in [2.45, 2.75) is 29.6 Å². The van der Waals surface area contributed by atoms with Gasteiger partial charge in [0.25, 0.3) is 5.91 Å². The quantitative estimate of drug-likeness (QED) is 0.270. The van der Waals surface area contributed by atoms with Gasteiger partial charge in [-0.25, -0.2) is 18.4 Å². The highest BCUT2D eigenvalue weighted by atomic mass is 32.2. The van der Waals surface area contributed by atoms with E-state index in [9.17, 15) is 13.2 Å². The minimum absolute atomic E-state index is 0.0389. The minimum atomic E-state index is -3.35. The van der Waals surface area contributed by atoms with Gasteiger partial charge >= 0.3 is 0 Å². The molecule has 0 spiro atoms. The number of oxime groups is 1. The van der Waals surface area contributed by atoms with Crippen molar-refractivity contribution in [2.24, 2.45) is 12.2 Å². The third-order valence-electron chi connectivity index (χ3n) is 5.27. The molecule has 0 radical (unpaired) electrons. The fourth-order valence-corrected chi connectivity index (χ4v) is 5.84. The van der Waals surface area contributed by atoms with Crippen LogP contribution in [0.4, 0.5) is 10.9 Å². The molecule has 1 fully saturated rings. The van der Waals surface area contributed by atoms with Gasteiger partial charge in [0.05, 0.1) is 10.1 Å². The molecule has 1 amide bonds. The van der Waals surface area contributed by atoms with Crippen LogP contribution in [-0.2, 0) is 33.1 Å². The van der Waals surface area contributed by atoms with Gasteiger partial charge in [0, 0.05) is 18.8 Å². The predicted molar refractivity (Wildman–Crippen MR) is 132 cm³/mol. The number of nitrogen functional groups attached to an aromatic ring is 1. The van der Waals surface area contributed by atoms with Crippen LogP contribution in [0.15, 0.2) is 58.7 Å². The molecule has 3 N–H and O–H groups in total. The van der Waals surface area contributed by atoms with Gasteiger partial charge in [-0.15, -0.1) is 0 Å². The zero-order valence-corrected chi connectivity index (χ0v) is 20.2. The number of fused-ring (bicyclic) bond motifs is 1. The number of rotatable bonds is 8. The number of hydrogen-bond donors (Lipinski definition) is 2. The van der Waals surface area contributed by atoms with Crippen LogP contribution >= 0.6 is 11.3 Å². The van der Waals surface area contributed by atoms with Gasteiger partial charge in [-0.2, -0.15) is 5.10 Å². The molecule has 0 bridgehead atoms. The van der Waals surface area contributed by atoms with E-state index in [2.05, 4.69) is 25.5 Å². The Morgan fingerprint density at radius 3 is 2.66 bits per heavy atom. The minimum Gasteiger partial charge on any atom is -0.389 e. The molecule has 4 aromatic rings.